The van der Waals surface area contributed by atoms with Crippen LogP contribution in [0.3, 0.4) is 0 Å². The molecule has 1 aliphatic rings. The van der Waals surface area contributed by atoms with Gasteiger partial charge in [-0.05, 0) is 25.1 Å². The molecule has 0 aliphatic carbocycles. The van der Waals surface area contributed by atoms with Crippen LogP contribution in [0.15, 0.2) is 24.3 Å². The summed E-state index contributed by atoms with van der Waals surface area (Å²) in [6.45, 7) is 8.34. The molecule has 0 saturated carbocycles. The first-order valence-electron chi connectivity index (χ1n) is 8.41. The molecule has 2 N–H and O–H groups in total. The Morgan fingerprint density at radius 3 is 2.79 bits per heavy atom. The molecular formula is C17H25N5OS. The van der Waals surface area contributed by atoms with Crippen molar-refractivity contribution in [3.63, 3.8) is 0 Å². The summed E-state index contributed by atoms with van der Waals surface area (Å²) in [6.07, 6.45) is 0. The van der Waals surface area contributed by atoms with E-state index in [1.54, 1.807) is 0 Å². The molecule has 1 saturated heterocycles. The number of fused-ring (bicyclic) bond motifs is 1. The molecule has 2 heterocycles. The van der Waals surface area contributed by atoms with E-state index in [9.17, 15) is 4.79 Å². The van der Waals surface area contributed by atoms with Crippen LogP contribution in [0.5, 0.6) is 0 Å². The van der Waals surface area contributed by atoms with Crippen LogP contribution < -0.4 is 10.6 Å². The number of nitrogens with zero attached hydrogens (tertiary/aromatic N) is 3. The normalized spacial score (nSPS) is 17.8. The van der Waals surface area contributed by atoms with Crippen molar-refractivity contribution in [1.82, 2.24) is 20.1 Å². The van der Waals surface area contributed by atoms with Gasteiger partial charge in [-0.1, -0.05) is 30.4 Å². The van der Waals surface area contributed by atoms with E-state index in [0.29, 0.717) is 17.6 Å². The first-order valence-corrected chi connectivity index (χ1v) is 9.23. The predicted molar refractivity (Wildman–Crippen MR) is 99.7 cm³/mol. The molecule has 2 aromatic rings. The molecule has 1 aromatic carbocycles. The predicted octanol–water partition coefficient (Wildman–Crippen LogP) is 2.30. The fourth-order valence-corrected chi connectivity index (χ4v) is 3.73. The van der Waals surface area contributed by atoms with Crippen LogP contribution in [-0.4, -0.2) is 67.1 Å². The quantitative estimate of drug-likeness (QED) is 0.871. The molecule has 130 valence electrons. The Morgan fingerprint density at radius 1 is 1.29 bits per heavy atom. The number of hydrogen-bond donors (Lipinski definition) is 2. The second-order valence-electron chi connectivity index (χ2n) is 6.53. The molecule has 0 radical (unpaired) electrons. The maximum Gasteiger partial charge on any atom is 0.321 e. The van der Waals surface area contributed by atoms with E-state index in [1.165, 1.54) is 11.3 Å². The van der Waals surface area contributed by atoms with Gasteiger partial charge in [0.2, 0.25) is 0 Å². The summed E-state index contributed by atoms with van der Waals surface area (Å²) < 4.78 is 1.08. The molecule has 0 spiro atoms. The number of aromatic nitrogens is 1. The van der Waals surface area contributed by atoms with Crippen LogP contribution in [0, 0.1) is 5.92 Å². The van der Waals surface area contributed by atoms with E-state index in [0.717, 1.165) is 42.9 Å². The third-order valence-corrected chi connectivity index (χ3v) is 5.24. The lowest BCUT2D eigenvalue weighted by molar-refractivity contribution is 0.138. The van der Waals surface area contributed by atoms with E-state index in [-0.39, 0.29) is 6.03 Å². The zero-order chi connectivity index (χ0) is 16.9. The Hall–Kier alpha value is -1.70. The summed E-state index contributed by atoms with van der Waals surface area (Å²) in [5.41, 5.74) is 0.918. The molecule has 1 aliphatic heterocycles. The average molecular weight is 347 g/mol. The van der Waals surface area contributed by atoms with Crippen LogP contribution in [0.25, 0.3) is 10.2 Å². The van der Waals surface area contributed by atoms with Crippen LogP contribution in [0.4, 0.5) is 9.93 Å². The topological polar surface area (TPSA) is 60.5 Å². The summed E-state index contributed by atoms with van der Waals surface area (Å²) in [5, 5.41) is 6.43. The minimum Gasteiger partial charge on any atom is -0.337 e. The first kappa shape index (κ1) is 17.1. The molecule has 7 heteroatoms. The summed E-state index contributed by atoms with van der Waals surface area (Å²) >= 11 is 1.49. The number of nitrogens with one attached hydrogen (secondary N) is 2. The van der Waals surface area contributed by atoms with E-state index in [4.69, 9.17) is 0 Å². The smallest absolute Gasteiger partial charge is 0.321 e. The molecule has 6 nitrogen and oxygen atoms in total. The average Bonchev–Trinajstić information content (AvgIpc) is 2.97. The molecule has 0 bridgehead atoms. The summed E-state index contributed by atoms with van der Waals surface area (Å²) in [5.74, 6) is 0.425. The van der Waals surface area contributed by atoms with Crippen molar-refractivity contribution in [2.24, 2.45) is 5.92 Å². The van der Waals surface area contributed by atoms with Gasteiger partial charge < -0.3 is 15.1 Å². The monoisotopic (exact) mass is 347 g/mol. The number of rotatable bonds is 5. The fourth-order valence-electron chi connectivity index (χ4n) is 2.87. The zero-order valence-electron chi connectivity index (χ0n) is 14.3. The van der Waals surface area contributed by atoms with Crippen molar-refractivity contribution in [2.75, 3.05) is 51.6 Å². The highest BCUT2D eigenvalue weighted by Gasteiger charge is 2.16. The van der Waals surface area contributed by atoms with Gasteiger partial charge in [0.05, 0.1) is 10.2 Å². The third kappa shape index (κ3) is 4.66. The summed E-state index contributed by atoms with van der Waals surface area (Å²) in [6, 6.07) is 7.71. The molecular weight excluding hydrogens is 322 g/mol. The fraction of sp³-hybridized carbons (Fsp3) is 0.529. The molecule has 0 unspecified atom stereocenters. The van der Waals surface area contributed by atoms with Gasteiger partial charge in [-0.15, -0.1) is 0 Å². The number of benzene rings is 1. The van der Waals surface area contributed by atoms with Crippen molar-refractivity contribution >= 4 is 32.7 Å². The Bertz CT molecular complexity index is 647. The number of hydrogen-bond acceptors (Lipinski definition) is 5. The highest BCUT2D eigenvalue weighted by Crippen LogP contribution is 2.25. The lowest BCUT2D eigenvalue weighted by atomic mass is 10.1. The highest BCUT2D eigenvalue weighted by molar-refractivity contribution is 7.22. The Balaban J connectivity index is 1.41. The minimum absolute atomic E-state index is 0.181. The standard InChI is InChI=1S/C17H25N5OS/c1-13(12-22-9-7-21(2)8-10-22)11-18-16(23)20-17-19-14-5-3-4-6-15(14)24-17/h3-6,13H,7-12H2,1-2H3,(H2,18,19,20,23)/t13-/m0/s1. The second kappa shape index (κ2) is 7.92. The molecule has 1 aromatic heterocycles. The minimum atomic E-state index is -0.181. The SMILES string of the molecule is C[C@@H](CNC(=O)Nc1nc2ccccc2s1)CN1CCN(C)CC1. The molecule has 2 amide bonds. The maximum absolute atomic E-state index is 12.1. The van der Waals surface area contributed by atoms with Crippen molar-refractivity contribution in [2.45, 2.75) is 6.92 Å². The molecule has 1 atom stereocenters. The van der Waals surface area contributed by atoms with Crippen LogP contribution in [-0.2, 0) is 0 Å². The van der Waals surface area contributed by atoms with Gasteiger partial charge in [-0.3, -0.25) is 5.32 Å². The number of carbonyl (C=O) groups is 1. The van der Waals surface area contributed by atoms with E-state index < -0.39 is 0 Å². The van der Waals surface area contributed by atoms with Gasteiger partial charge in [-0.2, -0.15) is 0 Å². The van der Waals surface area contributed by atoms with Crippen molar-refractivity contribution < 1.29 is 4.79 Å². The largest absolute Gasteiger partial charge is 0.337 e. The number of likely N-dealkylation sites (N-methyl/N-ethyl adjacent to an activating group) is 1. The zero-order valence-corrected chi connectivity index (χ0v) is 15.1. The molecule has 1 fully saturated rings. The number of carbonyl (C=O) groups excluding carboxylic acids is 1. The third-order valence-electron chi connectivity index (χ3n) is 4.29. The number of anilines is 1. The summed E-state index contributed by atoms with van der Waals surface area (Å²) in [7, 11) is 2.16. The van der Waals surface area contributed by atoms with E-state index in [2.05, 4.69) is 39.4 Å². The van der Waals surface area contributed by atoms with Gasteiger partial charge in [-0.25, -0.2) is 9.78 Å². The number of thiazole rings is 1. The lowest BCUT2D eigenvalue weighted by Gasteiger charge is -2.33. The Kier molecular flexibility index (Phi) is 5.65. The van der Waals surface area contributed by atoms with Crippen LogP contribution in [0.2, 0.25) is 0 Å². The van der Waals surface area contributed by atoms with Crippen LogP contribution >= 0.6 is 11.3 Å². The number of para-hydroxylation sites is 1. The van der Waals surface area contributed by atoms with Gasteiger partial charge in [0.1, 0.15) is 0 Å². The highest BCUT2D eigenvalue weighted by atomic mass is 32.1. The number of amides is 2. The van der Waals surface area contributed by atoms with Gasteiger partial charge >= 0.3 is 6.03 Å². The molecule has 3 rings (SSSR count). The molecule has 24 heavy (non-hydrogen) atoms. The van der Waals surface area contributed by atoms with Gasteiger partial charge in [0.25, 0.3) is 0 Å². The van der Waals surface area contributed by atoms with Crippen molar-refractivity contribution in [1.29, 1.82) is 0 Å². The van der Waals surface area contributed by atoms with Crippen molar-refractivity contribution in [3.8, 4) is 0 Å². The van der Waals surface area contributed by atoms with Gasteiger partial charge in [0, 0.05) is 39.3 Å². The first-order chi connectivity index (χ1) is 11.6. The Labute approximate surface area is 146 Å². The van der Waals surface area contributed by atoms with Gasteiger partial charge in [0.15, 0.2) is 5.13 Å². The maximum atomic E-state index is 12.1. The van der Waals surface area contributed by atoms with Crippen molar-refractivity contribution in [3.05, 3.63) is 24.3 Å². The summed E-state index contributed by atoms with van der Waals surface area (Å²) in [4.78, 5) is 21.3. The number of piperazine rings is 1. The number of urea groups is 1. The van der Waals surface area contributed by atoms with Crippen LogP contribution in [0.1, 0.15) is 6.92 Å². The second-order valence-corrected chi connectivity index (χ2v) is 7.56. The van der Waals surface area contributed by atoms with E-state index >= 15 is 0 Å². The van der Waals surface area contributed by atoms with E-state index in [1.807, 2.05) is 24.3 Å². The Morgan fingerprint density at radius 2 is 2.04 bits per heavy atom. The lowest BCUT2D eigenvalue weighted by Crippen LogP contribution is -2.47.